The predicted molar refractivity (Wildman–Crippen MR) is 88.5 cm³/mol. The number of nitrogens with one attached hydrogen (secondary N) is 1. The van der Waals surface area contributed by atoms with Gasteiger partial charge in [-0.1, -0.05) is 17.7 Å². The molecule has 7 nitrogen and oxygen atoms in total. The second-order valence-corrected chi connectivity index (χ2v) is 5.30. The Morgan fingerprint density at radius 2 is 2.26 bits per heavy atom. The molecule has 0 spiro atoms. The zero-order valence-corrected chi connectivity index (χ0v) is 14.3. The molecule has 0 bridgehead atoms. The Morgan fingerprint density at radius 1 is 1.52 bits per heavy atom. The largest absolute Gasteiger partial charge is 0.496 e. The van der Waals surface area contributed by atoms with Crippen molar-refractivity contribution in [3.05, 3.63) is 29.1 Å². The Hall–Kier alpha value is -2.15. The first kappa shape index (κ1) is 18.9. The second kappa shape index (κ2) is 9.78. The summed E-state index contributed by atoms with van der Waals surface area (Å²) >= 11 is 5.98. The molecule has 0 aromatic carbocycles. The van der Waals surface area contributed by atoms with Crippen LogP contribution in [0, 0.1) is 0 Å². The van der Waals surface area contributed by atoms with Crippen molar-refractivity contribution in [3.8, 4) is 11.6 Å². The summed E-state index contributed by atoms with van der Waals surface area (Å²) in [5, 5.41) is 11.1. The summed E-state index contributed by atoms with van der Waals surface area (Å²) in [5.41, 5.74) is 0.793. The molecule has 0 unspecified atom stereocenters. The SMILES string of the molecule is COc1cc(Cl)nc(OCCCNC(=O)O)c1C/C=C/N(C)C. The van der Waals surface area contributed by atoms with Gasteiger partial charge >= 0.3 is 6.09 Å². The van der Waals surface area contributed by atoms with Crippen LogP contribution in [0.3, 0.4) is 0 Å². The number of rotatable bonds is 9. The molecule has 1 aromatic heterocycles. The van der Waals surface area contributed by atoms with E-state index in [0.717, 1.165) is 5.56 Å². The van der Waals surface area contributed by atoms with Gasteiger partial charge in [0.05, 0.1) is 19.3 Å². The summed E-state index contributed by atoms with van der Waals surface area (Å²) in [5.74, 6) is 1.00. The number of methoxy groups -OCH3 is 1. The van der Waals surface area contributed by atoms with Gasteiger partial charge in [-0.15, -0.1) is 0 Å². The first-order chi connectivity index (χ1) is 10.9. The van der Waals surface area contributed by atoms with Crippen LogP contribution in [0.15, 0.2) is 18.3 Å². The third-order valence-corrected chi connectivity index (χ3v) is 2.99. The molecule has 1 aromatic rings. The van der Waals surface area contributed by atoms with Gasteiger partial charge in [-0.2, -0.15) is 0 Å². The maximum atomic E-state index is 10.4. The maximum absolute atomic E-state index is 10.4. The first-order valence-corrected chi connectivity index (χ1v) is 7.48. The number of hydrogen-bond donors (Lipinski definition) is 2. The number of hydrogen-bond acceptors (Lipinski definition) is 5. The molecule has 1 amide bonds. The summed E-state index contributed by atoms with van der Waals surface area (Å²) in [6.45, 7) is 0.629. The number of amides is 1. The molecule has 0 saturated carbocycles. The van der Waals surface area contributed by atoms with E-state index in [4.69, 9.17) is 26.2 Å². The van der Waals surface area contributed by atoms with E-state index in [1.807, 2.05) is 31.3 Å². The Kier molecular flexibility index (Phi) is 8.04. The zero-order valence-electron chi connectivity index (χ0n) is 13.5. The van der Waals surface area contributed by atoms with Crippen LogP contribution in [0.4, 0.5) is 4.79 Å². The number of allylic oxidation sites excluding steroid dienone is 1. The molecule has 0 atom stereocenters. The van der Waals surface area contributed by atoms with Gasteiger partial charge in [-0.25, -0.2) is 9.78 Å². The number of nitrogens with zero attached hydrogens (tertiary/aromatic N) is 2. The molecule has 0 aliphatic rings. The van der Waals surface area contributed by atoms with Gasteiger partial charge in [0.25, 0.3) is 0 Å². The number of pyridine rings is 1. The number of carbonyl (C=O) groups is 1. The molecule has 0 aliphatic carbocycles. The van der Waals surface area contributed by atoms with Crippen molar-refractivity contribution in [3.63, 3.8) is 0 Å². The van der Waals surface area contributed by atoms with E-state index < -0.39 is 6.09 Å². The Bertz CT molecular complexity index is 550. The summed E-state index contributed by atoms with van der Waals surface area (Å²) in [6.07, 6.45) is 3.94. The summed E-state index contributed by atoms with van der Waals surface area (Å²) < 4.78 is 11.0. The van der Waals surface area contributed by atoms with Crippen molar-refractivity contribution in [1.29, 1.82) is 0 Å². The molecule has 8 heteroatoms. The fourth-order valence-corrected chi connectivity index (χ4v) is 1.98. The fourth-order valence-electron chi connectivity index (χ4n) is 1.80. The lowest BCUT2D eigenvalue weighted by Gasteiger charge is -2.14. The minimum absolute atomic E-state index is 0.279. The fraction of sp³-hybridized carbons (Fsp3) is 0.467. The quantitative estimate of drug-likeness (QED) is 0.529. The van der Waals surface area contributed by atoms with Gasteiger partial charge in [-0.3, -0.25) is 0 Å². The van der Waals surface area contributed by atoms with Crippen LogP contribution < -0.4 is 14.8 Å². The van der Waals surface area contributed by atoms with Crippen molar-refractivity contribution < 1.29 is 19.4 Å². The summed E-state index contributed by atoms with van der Waals surface area (Å²) in [4.78, 5) is 16.5. The van der Waals surface area contributed by atoms with Gasteiger partial charge in [-0.05, 0) is 12.6 Å². The third-order valence-electron chi connectivity index (χ3n) is 2.80. The highest BCUT2D eigenvalue weighted by molar-refractivity contribution is 6.29. The van der Waals surface area contributed by atoms with E-state index in [1.54, 1.807) is 13.2 Å². The van der Waals surface area contributed by atoms with Crippen LogP contribution in [-0.2, 0) is 6.42 Å². The molecular weight excluding hydrogens is 322 g/mol. The minimum atomic E-state index is -1.05. The van der Waals surface area contributed by atoms with Crippen LogP contribution in [0.2, 0.25) is 5.15 Å². The Morgan fingerprint density at radius 3 is 2.87 bits per heavy atom. The Balaban J connectivity index is 2.78. The normalized spacial score (nSPS) is 10.6. The van der Waals surface area contributed by atoms with Gasteiger partial charge in [0.1, 0.15) is 10.9 Å². The lowest BCUT2D eigenvalue weighted by Crippen LogP contribution is -2.23. The molecule has 2 N–H and O–H groups in total. The third kappa shape index (κ3) is 7.10. The number of carboxylic acid groups (broad SMARTS) is 1. The van der Waals surface area contributed by atoms with Gasteiger partial charge in [0.15, 0.2) is 0 Å². The highest BCUT2D eigenvalue weighted by atomic mass is 35.5. The summed E-state index contributed by atoms with van der Waals surface area (Å²) in [7, 11) is 5.42. The van der Waals surface area contributed by atoms with E-state index in [-0.39, 0.29) is 5.15 Å². The minimum Gasteiger partial charge on any atom is -0.496 e. The topological polar surface area (TPSA) is 83.9 Å². The highest BCUT2D eigenvalue weighted by Gasteiger charge is 2.13. The zero-order chi connectivity index (χ0) is 17.2. The number of ether oxygens (including phenoxy) is 2. The van der Waals surface area contributed by atoms with Crippen LogP contribution in [0.1, 0.15) is 12.0 Å². The smallest absolute Gasteiger partial charge is 0.404 e. The van der Waals surface area contributed by atoms with Gasteiger partial charge in [0, 0.05) is 33.1 Å². The van der Waals surface area contributed by atoms with Crippen molar-refractivity contribution in [2.75, 3.05) is 34.4 Å². The lowest BCUT2D eigenvalue weighted by atomic mass is 10.1. The molecular formula is C15H22ClN3O4. The molecule has 0 fully saturated rings. The van der Waals surface area contributed by atoms with E-state index in [0.29, 0.717) is 37.6 Å². The predicted octanol–water partition coefficient (Wildman–Crippen LogP) is 2.40. The lowest BCUT2D eigenvalue weighted by molar-refractivity contribution is 0.193. The first-order valence-electron chi connectivity index (χ1n) is 7.10. The van der Waals surface area contributed by atoms with Crippen LogP contribution >= 0.6 is 11.6 Å². The van der Waals surface area contributed by atoms with Crippen LogP contribution in [0.5, 0.6) is 11.6 Å². The number of halogens is 1. The molecule has 0 radical (unpaired) electrons. The number of aromatic nitrogens is 1. The van der Waals surface area contributed by atoms with Crippen LogP contribution in [0.25, 0.3) is 0 Å². The van der Waals surface area contributed by atoms with E-state index in [9.17, 15) is 4.79 Å². The summed E-state index contributed by atoms with van der Waals surface area (Å²) in [6, 6.07) is 1.64. The standard InChI is InChI=1S/C15H22ClN3O4/c1-19(2)8-4-6-11-12(22-3)10-13(16)18-14(11)23-9-5-7-17-15(20)21/h4,8,10,17H,5-7,9H2,1-3H3,(H,20,21)/b8-4+. The van der Waals surface area contributed by atoms with Crippen molar-refractivity contribution in [2.24, 2.45) is 0 Å². The van der Waals surface area contributed by atoms with Crippen LogP contribution in [-0.4, -0.2) is 55.4 Å². The van der Waals surface area contributed by atoms with E-state index in [2.05, 4.69) is 10.3 Å². The van der Waals surface area contributed by atoms with Crippen molar-refractivity contribution >= 4 is 17.7 Å². The van der Waals surface area contributed by atoms with Gasteiger partial charge < -0.3 is 24.8 Å². The molecule has 1 rings (SSSR count). The average molecular weight is 344 g/mol. The molecule has 1 heterocycles. The van der Waals surface area contributed by atoms with E-state index in [1.165, 1.54) is 0 Å². The second-order valence-electron chi connectivity index (χ2n) is 4.92. The highest BCUT2D eigenvalue weighted by Crippen LogP contribution is 2.30. The molecule has 0 saturated heterocycles. The maximum Gasteiger partial charge on any atom is 0.404 e. The van der Waals surface area contributed by atoms with Crippen molar-refractivity contribution in [2.45, 2.75) is 12.8 Å². The van der Waals surface area contributed by atoms with Crippen molar-refractivity contribution in [1.82, 2.24) is 15.2 Å². The van der Waals surface area contributed by atoms with Gasteiger partial charge in [0.2, 0.25) is 5.88 Å². The molecule has 0 aliphatic heterocycles. The molecule has 128 valence electrons. The van der Waals surface area contributed by atoms with E-state index >= 15 is 0 Å². The monoisotopic (exact) mass is 343 g/mol. The molecule has 23 heavy (non-hydrogen) atoms. The Labute approximate surface area is 140 Å². The average Bonchev–Trinajstić information content (AvgIpc) is 2.47.